The van der Waals surface area contributed by atoms with Crippen molar-refractivity contribution in [2.24, 2.45) is 5.92 Å². The van der Waals surface area contributed by atoms with Gasteiger partial charge in [-0.2, -0.15) is 0 Å². The highest BCUT2D eigenvalue weighted by Gasteiger charge is 2.54. The Kier molecular flexibility index (Phi) is 5.83. The molecule has 24 heavy (non-hydrogen) atoms. The van der Waals surface area contributed by atoms with Gasteiger partial charge in [-0.3, -0.25) is 14.6 Å². The molecule has 0 aromatic rings. The molecule has 0 unspecified atom stereocenters. The number of carbonyl (C=O) groups is 1. The van der Waals surface area contributed by atoms with Crippen LogP contribution in [0.1, 0.15) is 46.5 Å². The number of piperazine rings is 1. The second-order valence-electron chi connectivity index (χ2n) is 8.29. The molecule has 0 saturated carbocycles. The molecule has 0 bridgehead atoms. The second-order valence-corrected chi connectivity index (χ2v) is 8.29. The molecule has 1 spiro atoms. The van der Waals surface area contributed by atoms with Crippen molar-refractivity contribution in [1.29, 1.82) is 0 Å². The van der Waals surface area contributed by atoms with Crippen LogP contribution in [-0.4, -0.2) is 84.7 Å². The van der Waals surface area contributed by atoms with Crippen molar-refractivity contribution in [2.75, 3.05) is 52.5 Å². The maximum atomic E-state index is 12.6. The molecule has 3 aliphatic heterocycles. The van der Waals surface area contributed by atoms with E-state index < -0.39 is 0 Å². The molecule has 1 atom stereocenters. The normalized spacial score (nSPS) is 27.3. The van der Waals surface area contributed by atoms with Gasteiger partial charge in [0.15, 0.2) is 0 Å². The summed E-state index contributed by atoms with van der Waals surface area (Å²) < 4.78 is 5.71. The number of hydrogen-bond donors (Lipinski definition) is 0. The number of morpholine rings is 1. The maximum absolute atomic E-state index is 12.6. The summed E-state index contributed by atoms with van der Waals surface area (Å²) in [5.41, 5.74) is 0.183. The van der Waals surface area contributed by atoms with E-state index in [1.54, 1.807) is 0 Å². The van der Waals surface area contributed by atoms with Crippen LogP contribution < -0.4 is 0 Å². The minimum absolute atomic E-state index is 0.0864. The van der Waals surface area contributed by atoms with E-state index in [2.05, 4.69) is 21.6 Å². The summed E-state index contributed by atoms with van der Waals surface area (Å²) in [5.74, 6) is 0.393. The number of hydrogen-bond acceptors (Lipinski definition) is 4. The summed E-state index contributed by atoms with van der Waals surface area (Å²) in [7, 11) is 0. The third-order valence-corrected chi connectivity index (χ3v) is 5.92. The summed E-state index contributed by atoms with van der Waals surface area (Å²) in [4.78, 5) is 20.0. The van der Waals surface area contributed by atoms with Crippen LogP contribution in [0, 0.1) is 5.92 Å². The second kappa shape index (κ2) is 7.71. The molecular weight excluding hydrogens is 302 g/mol. The SMILES string of the molecule is CCCCCCN1CC2(C1)CN(C(=O)C(C)C)C[C@@H]1COCCN12. The molecule has 3 rings (SSSR count). The van der Waals surface area contributed by atoms with Crippen molar-refractivity contribution < 1.29 is 9.53 Å². The van der Waals surface area contributed by atoms with Gasteiger partial charge < -0.3 is 9.64 Å². The van der Waals surface area contributed by atoms with Crippen molar-refractivity contribution in [3.05, 3.63) is 0 Å². The highest BCUT2D eigenvalue weighted by molar-refractivity contribution is 5.78. The first-order chi connectivity index (χ1) is 11.6. The van der Waals surface area contributed by atoms with Crippen LogP contribution in [0.2, 0.25) is 0 Å². The van der Waals surface area contributed by atoms with Gasteiger partial charge in [-0.05, 0) is 13.0 Å². The van der Waals surface area contributed by atoms with Crippen LogP contribution in [0.4, 0.5) is 0 Å². The fraction of sp³-hybridized carbons (Fsp3) is 0.947. The standard InChI is InChI=1S/C19H35N3O2/c1-4-5-6-7-8-20-13-19(14-20)15-21(18(23)16(2)3)11-17-12-24-10-9-22(17)19/h16-17H,4-15H2,1-3H3/t17-/m1/s1. The van der Waals surface area contributed by atoms with E-state index in [0.29, 0.717) is 11.9 Å². The first kappa shape index (κ1) is 18.2. The van der Waals surface area contributed by atoms with Crippen LogP contribution in [0.5, 0.6) is 0 Å². The Labute approximate surface area is 147 Å². The molecule has 5 heteroatoms. The molecule has 0 N–H and O–H groups in total. The predicted molar refractivity (Wildman–Crippen MR) is 96.0 cm³/mol. The molecule has 3 fully saturated rings. The Morgan fingerprint density at radius 2 is 2.00 bits per heavy atom. The number of nitrogens with zero attached hydrogens (tertiary/aromatic N) is 3. The highest BCUT2D eigenvalue weighted by atomic mass is 16.5. The minimum Gasteiger partial charge on any atom is -0.378 e. The van der Waals surface area contributed by atoms with Crippen molar-refractivity contribution in [3.63, 3.8) is 0 Å². The van der Waals surface area contributed by atoms with Crippen LogP contribution >= 0.6 is 0 Å². The van der Waals surface area contributed by atoms with Crippen LogP contribution in [-0.2, 0) is 9.53 Å². The minimum atomic E-state index is 0.0864. The van der Waals surface area contributed by atoms with E-state index in [1.807, 2.05) is 13.8 Å². The van der Waals surface area contributed by atoms with Gasteiger partial charge in [-0.15, -0.1) is 0 Å². The lowest BCUT2D eigenvalue weighted by molar-refractivity contribution is -0.176. The van der Waals surface area contributed by atoms with E-state index >= 15 is 0 Å². The number of likely N-dealkylation sites (tertiary alicyclic amines) is 1. The Balaban J connectivity index is 1.61. The third kappa shape index (κ3) is 3.63. The molecule has 0 aliphatic carbocycles. The van der Waals surface area contributed by atoms with Gasteiger partial charge in [0.2, 0.25) is 5.91 Å². The lowest BCUT2D eigenvalue weighted by Crippen LogP contribution is -2.81. The van der Waals surface area contributed by atoms with Gasteiger partial charge in [0.05, 0.1) is 24.8 Å². The van der Waals surface area contributed by atoms with E-state index in [9.17, 15) is 4.79 Å². The van der Waals surface area contributed by atoms with E-state index in [1.165, 1.54) is 32.2 Å². The molecular formula is C19H35N3O2. The quantitative estimate of drug-likeness (QED) is 0.693. The first-order valence-corrected chi connectivity index (χ1v) is 9.91. The molecule has 0 aromatic carbocycles. The summed E-state index contributed by atoms with van der Waals surface area (Å²) in [6.45, 7) is 14.1. The fourth-order valence-corrected chi connectivity index (χ4v) is 4.72. The Hall–Kier alpha value is -0.650. The maximum Gasteiger partial charge on any atom is 0.225 e. The average Bonchev–Trinajstić information content (AvgIpc) is 2.55. The van der Waals surface area contributed by atoms with Gasteiger partial charge in [-0.25, -0.2) is 0 Å². The van der Waals surface area contributed by atoms with Gasteiger partial charge in [0.25, 0.3) is 0 Å². The number of unbranched alkanes of at least 4 members (excludes halogenated alkanes) is 3. The van der Waals surface area contributed by atoms with Crippen molar-refractivity contribution in [1.82, 2.24) is 14.7 Å². The smallest absolute Gasteiger partial charge is 0.225 e. The number of carbonyl (C=O) groups excluding carboxylic acids is 1. The topological polar surface area (TPSA) is 36.0 Å². The van der Waals surface area contributed by atoms with Crippen LogP contribution in [0.25, 0.3) is 0 Å². The summed E-state index contributed by atoms with van der Waals surface area (Å²) in [6, 6.07) is 0.387. The van der Waals surface area contributed by atoms with E-state index in [0.717, 1.165) is 45.9 Å². The Morgan fingerprint density at radius 1 is 1.21 bits per heavy atom. The van der Waals surface area contributed by atoms with Gasteiger partial charge >= 0.3 is 0 Å². The zero-order chi connectivity index (χ0) is 17.2. The molecule has 3 heterocycles. The summed E-state index contributed by atoms with van der Waals surface area (Å²) >= 11 is 0. The zero-order valence-electron chi connectivity index (χ0n) is 15.8. The first-order valence-electron chi connectivity index (χ1n) is 9.91. The largest absolute Gasteiger partial charge is 0.378 e. The molecule has 5 nitrogen and oxygen atoms in total. The van der Waals surface area contributed by atoms with Crippen LogP contribution in [0.3, 0.4) is 0 Å². The van der Waals surface area contributed by atoms with Gasteiger partial charge in [0.1, 0.15) is 0 Å². The Morgan fingerprint density at radius 3 is 2.71 bits per heavy atom. The van der Waals surface area contributed by atoms with Gasteiger partial charge in [0, 0.05) is 38.6 Å². The van der Waals surface area contributed by atoms with Crippen LogP contribution in [0.15, 0.2) is 0 Å². The molecule has 3 saturated heterocycles. The van der Waals surface area contributed by atoms with Crippen molar-refractivity contribution in [3.8, 4) is 0 Å². The lowest BCUT2D eigenvalue weighted by Gasteiger charge is -2.63. The molecule has 1 amide bonds. The monoisotopic (exact) mass is 337 g/mol. The number of rotatable bonds is 6. The molecule has 3 aliphatic rings. The molecule has 0 aromatic heterocycles. The molecule has 138 valence electrons. The summed E-state index contributed by atoms with van der Waals surface area (Å²) in [5, 5.41) is 0. The average molecular weight is 338 g/mol. The van der Waals surface area contributed by atoms with Gasteiger partial charge in [-0.1, -0.05) is 40.0 Å². The Bertz CT molecular complexity index is 434. The zero-order valence-corrected chi connectivity index (χ0v) is 15.8. The lowest BCUT2D eigenvalue weighted by atomic mass is 9.82. The molecule has 0 radical (unpaired) electrons. The summed E-state index contributed by atoms with van der Waals surface area (Å²) in [6.07, 6.45) is 5.30. The predicted octanol–water partition coefficient (Wildman–Crippen LogP) is 1.82. The third-order valence-electron chi connectivity index (χ3n) is 5.92. The highest BCUT2D eigenvalue weighted by Crippen LogP contribution is 2.36. The number of amides is 1. The van der Waals surface area contributed by atoms with Crippen molar-refractivity contribution >= 4 is 5.91 Å². The van der Waals surface area contributed by atoms with Crippen molar-refractivity contribution in [2.45, 2.75) is 58.0 Å². The fourth-order valence-electron chi connectivity index (χ4n) is 4.72. The van der Waals surface area contributed by atoms with E-state index in [4.69, 9.17) is 4.74 Å². The number of fused-ring (bicyclic) bond motifs is 2. The number of ether oxygens (including phenoxy) is 1. The van der Waals surface area contributed by atoms with E-state index in [-0.39, 0.29) is 11.5 Å².